The SMILES string of the molecule is CC(CCOCCC(=O)O)(CCOCCC(=O)O)CCOCCC(=O)O.O=C(O)CCOCCNCCOCCC(=O)O. The summed E-state index contributed by atoms with van der Waals surface area (Å²) in [6.07, 6.45) is 1.87. The van der Waals surface area contributed by atoms with Gasteiger partial charge < -0.3 is 54.5 Å². The first kappa shape index (κ1) is 42.2. The first-order valence-corrected chi connectivity index (χ1v) is 14.1. The summed E-state index contributed by atoms with van der Waals surface area (Å²) in [5, 5.41) is 45.4. The lowest BCUT2D eigenvalue weighted by molar-refractivity contribution is -0.139. The second kappa shape index (κ2) is 29.2. The number of rotatable bonds is 30. The molecule has 0 radical (unpaired) electrons. The zero-order chi connectivity index (χ0) is 32.8. The molecule has 16 nitrogen and oxygen atoms in total. The van der Waals surface area contributed by atoms with Crippen molar-refractivity contribution < 1.29 is 73.2 Å². The second-order valence-corrected chi connectivity index (χ2v) is 9.59. The van der Waals surface area contributed by atoms with Crippen LogP contribution in [0, 0.1) is 5.41 Å². The van der Waals surface area contributed by atoms with E-state index in [2.05, 4.69) is 5.32 Å². The average Bonchev–Trinajstić information content (AvgIpc) is 2.90. The van der Waals surface area contributed by atoms with E-state index in [4.69, 9.17) is 49.2 Å². The molecule has 43 heavy (non-hydrogen) atoms. The predicted octanol–water partition coefficient (Wildman–Crippen LogP) is 1.20. The maximum absolute atomic E-state index is 10.5. The van der Waals surface area contributed by atoms with E-state index in [1.165, 1.54) is 0 Å². The van der Waals surface area contributed by atoms with Crippen LogP contribution in [0.1, 0.15) is 58.3 Å². The van der Waals surface area contributed by atoms with Gasteiger partial charge in [-0.15, -0.1) is 0 Å². The Kier molecular flexibility index (Phi) is 28.7. The number of hydrogen-bond acceptors (Lipinski definition) is 11. The molecule has 0 atom stereocenters. The molecule has 6 N–H and O–H groups in total. The highest BCUT2D eigenvalue weighted by Crippen LogP contribution is 2.30. The lowest BCUT2D eigenvalue weighted by atomic mass is 9.81. The summed E-state index contributed by atoms with van der Waals surface area (Å²) >= 11 is 0. The Labute approximate surface area is 251 Å². The van der Waals surface area contributed by atoms with Crippen molar-refractivity contribution in [1.29, 1.82) is 0 Å². The Morgan fingerprint density at radius 2 is 0.674 bits per heavy atom. The van der Waals surface area contributed by atoms with Crippen LogP contribution in [0.3, 0.4) is 0 Å². The highest BCUT2D eigenvalue weighted by molar-refractivity contribution is 5.67. The molecule has 0 aromatic heterocycles. The average molecular weight is 628 g/mol. The summed E-state index contributed by atoms with van der Waals surface area (Å²) in [7, 11) is 0. The lowest BCUT2D eigenvalue weighted by Gasteiger charge is -2.29. The van der Waals surface area contributed by atoms with Crippen LogP contribution >= 0.6 is 0 Å². The Morgan fingerprint density at radius 3 is 0.907 bits per heavy atom. The van der Waals surface area contributed by atoms with E-state index in [-0.39, 0.29) is 70.6 Å². The number of carbonyl (C=O) groups is 5. The molecular formula is C27H49NO15. The summed E-state index contributed by atoms with van der Waals surface area (Å²) in [4.78, 5) is 51.7. The summed E-state index contributed by atoms with van der Waals surface area (Å²) in [5.41, 5.74) is -0.199. The minimum Gasteiger partial charge on any atom is -0.481 e. The van der Waals surface area contributed by atoms with Crippen molar-refractivity contribution >= 4 is 29.8 Å². The van der Waals surface area contributed by atoms with Gasteiger partial charge in [0, 0.05) is 32.9 Å². The van der Waals surface area contributed by atoms with E-state index < -0.39 is 29.8 Å². The zero-order valence-corrected chi connectivity index (χ0v) is 25.0. The van der Waals surface area contributed by atoms with E-state index in [0.29, 0.717) is 65.4 Å². The van der Waals surface area contributed by atoms with E-state index >= 15 is 0 Å². The van der Waals surface area contributed by atoms with Crippen LogP contribution in [0.15, 0.2) is 0 Å². The van der Waals surface area contributed by atoms with Gasteiger partial charge in [-0.25, -0.2) is 0 Å². The molecule has 252 valence electrons. The highest BCUT2D eigenvalue weighted by atomic mass is 16.5. The molecule has 0 aromatic rings. The first-order chi connectivity index (χ1) is 20.4. The molecule has 0 aromatic carbocycles. The van der Waals surface area contributed by atoms with Crippen molar-refractivity contribution in [2.45, 2.75) is 58.3 Å². The van der Waals surface area contributed by atoms with Crippen molar-refractivity contribution in [2.24, 2.45) is 5.41 Å². The van der Waals surface area contributed by atoms with Gasteiger partial charge in [0.1, 0.15) is 0 Å². The van der Waals surface area contributed by atoms with Crippen molar-refractivity contribution in [1.82, 2.24) is 5.32 Å². The van der Waals surface area contributed by atoms with Gasteiger partial charge >= 0.3 is 29.8 Å². The third-order valence-corrected chi connectivity index (χ3v) is 5.70. The minimum absolute atomic E-state index is 0.0122. The van der Waals surface area contributed by atoms with Gasteiger partial charge in [-0.1, -0.05) is 6.92 Å². The summed E-state index contributed by atoms with van der Waals surface area (Å²) in [6.45, 7) is 6.21. The number of nitrogens with one attached hydrogen (secondary N) is 1. The molecule has 0 aliphatic heterocycles. The fourth-order valence-electron chi connectivity index (χ4n) is 3.05. The molecule has 0 bridgehead atoms. The van der Waals surface area contributed by atoms with Crippen LogP contribution in [0.4, 0.5) is 0 Å². The van der Waals surface area contributed by atoms with Crippen LogP contribution in [0.5, 0.6) is 0 Å². The van der Waals surface area contributed by atoms with Crippen molar-refractivity contribution in [3.05, 3.63) is 0 Å². The van der Waals surface area contributed by atoms with Gasteiger partial charge in [-0.2, -0.15) is 0 Å². The molecule has 0 aliphatic carbocycles. The molecule has 0 aliphatic rings. The monoisotopic (exact) mass is 627 g/mol. The summed E-state index contributed by atoms with van der Waals surface area (Å²) in [6, 6.07) is 0. The largest absolute Gasteiger partial charge is 0.481 e. The number of carboxylic acids is 5. The van der Waals surface area contributed by atoms with Gasteiger partial charge in [0.15, 0.2) is 0 Å². The first-order valence-electron chi connectivity index (χ1n) is 14.1. The van der Waals surface area contributed by atoms with Crippen LogP contribution in [0.2, 0.25) is 0 Å². The number of carboxylic acid groups (broad SMARTS) is 5. The Balaban J connectivity index is 0. The topological polar surface area (TPSA) is 245 Å². The summed E-state index contributed by atoms with van der Waals surface area (Å²) in [5.74, 6) is -4.47. The van der Waals surface area contributed by atoms with Crippen LogP contribution in [0.25, 0.3) is 0 Å². The molecule has 0 saturated heterocycles. The quantitative estimate of drug-likeness (QED) is 0.0612. The fourth-order valence-corrected chi connectivity index (χ4v) is 3.05. The second-order valence-electron chi connectivity index (χ2n) is 9.59. The highest BCUT2D eigenvalue weighted by Gasteiger charge is 2.24. The van der Waals surface area contributed by atoms with E-state index in [9.17, 15) is 24.0 Å². The van der Waals surface area contributed by atoms with Crippen molar-refractivity contribution in [3.63, 3.8) is 0 Å². The molecule has 0 fully saturated rings. The van der Waals surface area contributed by atoms with E-state index in [1.807, 2.05) is 6.92 Å². The third kappa shape index (κ3) is 37.1. The van der Waals surface area contributed by atoms with Gasteiger partial charge in [-0.3, -0.25) is 24.0 Å². The smallest absolute Gasteiger partial charge is 0.305 e. The Hall–Kier alpha value is -2.89. The Bertz CT molecular complexity index is 681. The van der Waals surface area contributed by atoms with Gasteiger partial charge in [0.2, 0.25) is 0 Å². The minimum atomic E-state index is -0.911. The van der Waals surface area contributed by atoms with Crippen LogP contribution < -0.4 is 5.32 Å². The molecule has 0 unspecified atom stereocenters. The predicted molar refractivity (Wildman–Crippen MR) is 150 cm³/mol. The van der Waals surface area contributed by atoms with E-state index in [1.54, 1.807) is 0 Å². The molecule has 0 saturated carbocycles. The number of hydrogen-bond donors (Lipinski definition) is 6. The summed E-state index contributed by atoms with van der Waals surface area (Å²) < 4.78 is 26.1. The van der Waals surface area contributed by atoms with Crippen LogP contribution in [-0.4, -0.2) is 135 Å². The van der Waals surface area contributed by atoms with Gasteiger partial charge in [0.05, 0.1) is 78.4 Å². The van der Waals surface area contributed by atoms with Gasteiger partial charge in [0.25, 0.3) is 0 Å². The Morgan fingerprint density at radius 1 is 0.442 bits per heavy atom. The van der Waals surface area contributed by atoms with Crippen LogP contribution in [-0.2, 0) is 47.7 Å². The maximum Gasteiger partial charge on any atom is 0.305 e. The molecule has 0 spiro atoms. The van der Waals surface area contributed by atoms with Crippen molar-refractivity contribution in [3.8, 4) is 0 Å². The standard InChI is InChI=1S/C17H30O9.C10H19NO6/c1-17(5-11-24-8-2-14(18)19,6-12-25-9-3-15(20)21)7-13-26-10-4-16(22)23;12-9(13)1-5-16-7-3-11-4-8-17-6-2-10(14)15/h2-13H2,1H3,(H,18,19)(H,20,21)(H,22,23);11H,1-8H2,(H,12,13)(H,14,15). The molecule has 0 heterocycles. The maximum atomic E-state index is 10.5. The van der Waals surface area contributed by atoms with Crippen molar-refractivity contribution in [2.75, 3.05) is 79.2 Å². The molecule has 16 heteroatoms. The third-order valence-electron chi connectivity index (χ3n) is 5.70. The molecule has 0 amide bonds. The number of aliphatic carboxylic acids is 5. The van der Waals surface area contributed by atoms with Gasteiger partial charge in [-0.05, 0) is 24.7 Å². The lowest BCUT2D eigenvalue weighted by Crippen LogP contribution is -2.24. The fraction of sp³-hybridized carbons (Fsp3) is 0.815. The molecule has 0 rings (SSSR count). The molecular weight excluding hydrogens is 578 g/mol. The van der Waals surface area contributed by atoms with E-state index in [0.717, 1.165) is 0 Å². The normalized spacial score (nSPS) is 11.0. The number of ether oxygens (including phenoxy) is 5. The zero-order valence-electron chi connectivity index (χ0n) is 25.0.